The molecule has 0 radical (unpaired) electrons. The van der Waals surface area contributed by atoms with Crippen LogP contribution in [0.1, 0.15) is 32.9 Å². The first kappa shape index (κ1) is 18.7. The van der Waals surface area contributed by atoms with Crippen molar-refractivity contribution in [2.75, 3.05) is 0 Å². The first-order chi connectivity index (χ1) is 14.0. The molecule has 1 N–H and O–H groups in total. The lowest BCUT2D eigenvalue weighted by Gasteiger charge is -2.10. The van der Waals surface area contributed by atoms with E-state index >= 15 is 0 Å². The maximum Gasteiger partial charge on any atom is 0.260 e. The summed E-state index contributed by atoms with van der Waals surface area (Å²) in [5.41, 5.74) is 3.52. The first-order valence-corrected chi connectivity index (χ1v) is 9.38. The molecule has 3 heterocycles. The van der Waals surface area contributed by atoms with Crippen LogP contribution in [0.4, 0.5) is 0 Å². The molecule has 3 aromatic heterocycles. The van der Waals surface area contributed by atoms with Gasteiger partial charge in [0.05, 0.1) is 35.0 Å². The van der Waals surface area contributed by atoms with Crippen LogP contribution in [0.3, 0.4) is 0 Å². The Morgan fingerprint density at radius 2 is 1.93 bits per heavy atom. The zero-order valence-electron chi connectivity index (χ0n) is 16.3. The molecule has 1 aromatic carbocycles. The molecule has 146 valence electrons. The van der Waals surface area contributed by atoms with Crippen molar-refractivity contribution < 1.29 is 9.21 Å². The number of nitrogens with zero attached hydrogens (tertiary/aromatic N) is 2. The van der Waals surface area contributed by atoms with E-state index in [-0.39, 0.29) is 11.5 Å². The van der Waals surface area contributed by atoms with Gasteiger partial charge in [-0.25, -0.2) is 0 Å². The second-order valence-corrected chi connectivity index (χ2v) is 7.05. The minimum absolute atomic E-state index is 0.209. The molecule has 0 saturated carbocycles. The quantitative estimate of drug-likeness (QED) is 0.568. The van der Waals surface area contributed by atoms with Gasteiger partial charge in [0.2, 0.25) is 0 Å². The molecule has 1 amide bonds. The lowest BCUT2D eigenvalue weighted by Crippen LogP contribution is -2.25. The van der Waals surface area contributed by atoms with Crippen molar-refractivity contribution in [2.45, 2.75) is 26.9 Å². The fourth-order valence-electron chi connectivity index (χ4n) is 3.21. The van der Waals surface area contributed by atoms with Gasteiger partial charge in [0.15, 0.2) is 0 Å². The van der Waals surface area contributed by atoms with E-state index in [1.165, 1.54) is 5.56 Å². The van der Waals surface area contributed by atoms with E-state index in [1.807, 2.05) is 37.3 Å². The first-order valence-electron chi connectivity index (χ1n) is 9.38. The second kappa shape index (κ2) is 7.75. The lowest BCUT2D eigenvalue weighted by molar-refractivity contribution is 0.0950. The van der Waals surface area contributed by atoms with Crippen LogP contribution < -0.4 is 10.9 Å². The zero-order chi connectivity index (χ0) is 20.4. The summed E-state index contributed by atoms with van der Waals surface area (Å²) in [5, 5.41) is 3.32. The Kier molecular flexibility index (Phi) is 4.99. The number of pyridine rings is 2. The monoisotopic (exact) mass is 387 g/mol. The van der Waals surface area contributed by atoms with Crippen molar-refractivity contribution in [1.29, 1.82) is 0 Å². The Morgan fingerprint density at radius 3 is 2.66 bits per heavy atom. The summed E-state index contributed by atoms with van der Waals surface area (Å²) in [6, 6.07) is 15.0. The van der Waals surface area contributed by atoms with Crippen molar-refractivity contribution >= 4 is 16.8 Å². The standard InChI is InChI=1S/C23H21N3O3/c1-15-5-7-17(8-6-15)13-24-22(27)19-12-20-21(25-16(19)2)9-10-26(23(20)28)14-18-4-3-11-29-18/h3-12H,13-14H2,1-2H3,(H,24,27). The summed E-state index contributed by atoms with van der Waals surface area (Å²) in [4.78, 5) is 30.1. The molecule has 0 aliphatic carbocycles. The molecule has 6 heteroatoms. The molecular formula is C23H21N3O3. The van der Waals surface area contributed by atoms with Gasteiger partial charge in [-0.2, -0.15) is 0 Å². The fraction of sp³-hybridized carbons (Fsp3) is 0.174. The Labute approximate surface area is 167 Å². The average Bonchev–Trinajstić information content (AvgIpc) is 3.22. The zero-order valence-corrected chi connectivity index (χ0v) is 16.3. The number of carbonyl (C=O) groups is 1. The topological polar surface area (TPSA) is 77.1 Å². The van der Waals surface area contributed by atoms with Gasteiger partial charge < -0.3 is 14.3 Å². The maximum atomic E-state index is 12.9. The number of nitrogens with one attached hydrogen (secondary N) is 1. The Hall–Kier alpha value is -3.67. The summed E-state index contributed by atoms with van der Waals surface area (Å²) in [7, 11) is 0. The van der Waals surface area contributed by atoms with E-state index in [4.69, 9.17) is 4.42 Å². The molecule has 0 saturated heterocycles. The SMILES string of the molecule is Cc1ccc(CNC(=O)c2cc3c(=O)n(Cc4ccco4)ccc3nc2C)cc1. The van der Waals surface area contributed by atoms with Crippen LogP contribution in [0.25, 0.3) is 10.9 Å². The molecule has 29 heavy (non-hydrogen) atoms. The summed E-state index contributed by atoms with van der Waals surface area (Å²) >= 11 is 0. The summed E-state index contributed by atoms with van der Waals surface area (Å²) in [6.45, 7) is 4.53. The molecule has 0 aliphatic rings. The number of carbonyl (C=O) groups excluding carboxylic acids is 1. The van der Waals surface area contributed by atoms with Crippen molar-refractivity contribution in [3.8, 4) is 0 Å². The molecule has 0 aliphatic heterocycles. The van der Waals surface area contributed by atoms with Crippen molar-refractivity contribution in [2.24, 2.45) is 0 Å². The van der Waals surface area contributed by atoms with Crippen molar-refractivity contribution in [3.63, 3.8) is 0 Å². The van der Waals surface area contributed by atoms with Gasteiger partial charge in [0, 0.05) is 12.7 Å². The third-order valence-electron chi connectivity index (χ3n) is 4.87. The highest BCUT2D eigenvalue weighted by Crippen LogP contribution is 2.14. The van der Waals surface area contributed by atoms with Crippen LogP contribution >= 0.6 is 0 Å². The van der Waals surface area contributed by atoms with Gasteiger partial charge in [-0.15, -0.1) is 0 Å². The number of fused-ring (bicyclic) bond motifs is 1. The largest absolute Gasteiger partial charge is 0.467 e. The van der Waals surface area contributed by atoms with Gasteiger partial charge in [-0.1, -0.05) is 29.8 Å². The Morgan fingerprint density at radius 1 is 1.14 bits per heavy atom. The van der Waals surface area contributed by atoms with E-state index in [1.54, 1.807) is 42.1 Å². The maximum absolute atomic E-state index is 12.9. The number of furan rings is 1. The van der Waals surface area contributed by atoms with Crippen molar-refractivity contribution in [3.05, 3.63) is 99.5 Å². The number of hydrogen-bond acceptors (Lipinski definition) is 4. The highest BCUT2D eigenvalue weighted by Gasteiger charge is 2.14. The minimum atomic E-state index is -0.252. The third-order valence-corrected chi connectivity index (χ3v) is 4.87. The summed E-state index contributed by atoms with van der Waals surface area (Å²) in [6.07, 6.45) is 3.26. The van der Waals surface area contributed by atoms with Gasteiger partial charge in [-0.3, -0.25) is 14.6 Å². The van der Waals surface area contributed by atoms with Crippen LogP contribution in [0, 0.1) is 13.8 Å². The van der Waals surface area contributed by atoms with Gasteiger partial charge >= 0.3 is 0 Å². The lowest BCUT2D eigenvalue weighted by atomic mass is 10.1. The average molecular weight is 387 g/mol. The molecule has 0 fully saturated rings. The number of rotatable bonds is 5. The molecule has 0 spiro atoms. The van der Waals surface area contributed by atoms with E-state index in [2.05, 4.69) is 10.3 Å². The fourth-order valence-corrected chi connectivity index (χ4v) is 3.21. The van der Waals surface area contributed by atoms with Crippen LogP contribution in [0.15, 0.2) is 70.2 Å². The Balaban J connectivity index is 1.62. The van der Waals surface area contributed by atoms with Gasteiger partial charge in [0.1, 0.15) is 5.76 Å². The third kappa shape index (κ3) is 3.96. The molecule has 6 nitrogen and oxygen atoms in total. The van der Waals surface area contributed by atoms with Crippen LogP contribution in [-0.4, -0.2) is 15.5 Å². The van der Waals surface area contributed by atoms with E-state index in [0.717, 1.165) is 5.56 Å². The van der Waals surface area contributed by atoms with Crippen LogP contribution in [-0.2, 0) is 13.1 Å². The number of amides is 1. The van der Waals surface area contributed by atoms with Gasteiger partial charge in [-0.05, 0) is 43.7 Å². The molecule has 0 bridgehead atoms. The highest BCUT2D eigenvalue weighted by molar-refractivity contribution is 5.98. The van der Waals surface area contributed by atoms with Crippen LogP contribution in [0.5, 0.6) is 0 Å². The summed E-state index contributed by atoms with van der Waals surface area (Å²) in [5.74, 6) is 0.431. The Bertz CT molecular complexity index is 1220. The smallest absolute Gasteiger partial charge is 0.260 e. The number of benzene rings is 1. The molecule has 0 atom stereocenters. The van der Waals surface area contributed by atoms with Gasteiger partial charge in [0.25, 0.3) is 11.5 Å². The van der Waals surface area contributed by atoms with E-state index < -0.39 is 0 Å². The predicted octanol–water partition coefficient (Wildman–Crippen LogP) is 3.58. The van der Waals surface area contributed by atoms with Crippen molar-refractivity contribution in [1.82, 2.24) is 14.9 Å². The minimum Gasteiger partial charge on any atom is -0.467 e. The molecule has 4 rings (SSSR count). The number of hydrogen-bond donors (Lipinski definition) is 1. The highest BCUT2D eigenvalue weighted by atomic mass is 16.3. The predicted molar refractivity (Wildman–Crippen MR) is 111 cm³/mol. The molecule has 0 unspecified atom stereocenters. The second-order valence-electron chi connectivity index (χ2n) is 7.05. The number of aromatic nitrogens is 2. The number of aryl methyl sites for hydroxylation is 2. The summed E-state index contributed by atoms with van der Waals surface area (Å²) < 4.78 is 6.88. The molecule has 4 aromatic rings. The van der Waals surface area contributed by atoms with E-state index in [9.17, 15) is 9.59 Å². The van der Waals surface area contributed by atoms with E-state index in [0.29, 0.717) is 41.0 Å². The molecular weight excluding hydrogens is 366 g/mol. The van der Waals surface area contributed by atoms with Crippen LogP contribution in [0.2, 0.25) is 0 Å². The normalized spacial score (nSPS) is 11.0.